The van der Waals surface area contributed by atoms with Gasteiger partial charge in [-0.15, -0.1) is 0 Å². The fourth-order valence-electron chi connectivity index (χ4n) is 1.95. The van der Waals surface area contributed by atoms with Crippen LogP contribution in [0.1, 0.15) is 6.42 Å². The monoisotopic (exact) mass is 253 g/mol. The van der Waals surface area contributed by atoms with E-state index in [2.05, 4.69) is 0 Å². The summed E-state index contributed by atoms with van der Waals surface area (Å²) in [6.45, 7) is -0.376. The smallest absolute Gasteiger partial charge is 0.331 e. The Balaban J connectivity index is 2.55. The SMILES string of the molecule is N#CC1(n2ccc(=O)[nH]c2=O)OC(CO)CC1O. The molecule has 1 aromatic rings. The number of ether oxygens (including phenoxy) is 1. The van der Waals surface area contributed by atoms with Crippen molar-refractivity contribution in [1.82, 2.24) is 9.55 Å². The molecule has 1 aliphatic heterocycles. The van der Waals surface area contributed by atoms with E-state index >= 15 is 0 Å². The molecule has 2 rings (SSSR count). The van der Waals surface area contributed by atoms with E-state index < -0.39 is 29.2 Å². The Labute approximate surface area is 101 Å². The van der Waals surface area contributed by atoms with Crippen LogP contribution in [-0.2, 0) is 10.5 Å². The van der Waals surface area contributed by atoms with Crippen molar-refractivity contribution in [3.8, 4) is 6.07 Å². The van der Waals surface area contributed by atoms with Crippen molar-refractivity contribution >= 4 is 0 Å². The summed E-state index contributed by atoms with van der Waals surface area (Å²) in [5.41, 5.74) is -3.40. The van der Waals surface area contributed by atoms with Crippen LogP contribution >= 0.6 is 0 Å². The summed E-state index contributed by atoms with van der Waals surface area (Å²) in [5, 5.41) is 28.0. The molecule has 3 unspecified atom stereocenters. The molecule has 0 bridgehead atoms. The minimum absolute atomic E-state index is 0.0234. The molecular formula is C10H11N3O5. The third-order valence-corrected chi connectivity index (χ3v) is 2.83. The van der Waals surface area contributed by atoms with Crippen LogP contribution in [0.4, 0.5) is 0 Å². The Hall–Kier alpha value is -1.95. The maximum Gasteiger partial charge on any atom is 0.331 e. The number of aliphatic hydroxyl groups excluding tert-OH is 2. The average molecular weight is 253 g/mol. The van der Waals surface area contributed by atoms with Crippen molar-refractivity contribution in [2.45, 2.75) is 24.4 Å². The van der Waals surface area contributed by atoms with Crippen molar-refractivity contribution in [2.24, 2.45) is 0 Å². The van der Waals surface area contributed by atoms with Crippen molar-refractivity contribution < 1.29 is 14.9 Å². The first kappa shape index (κ1) is 12.5. The van der Waals surface area contributed by atoms with Gasteiger partial charge in [-0.25, -0.2) is 4.79 Å². The van der Waals surface area contributed by atoms with Gasteiger partial charge in [0.15, 0.2) is 0 Å². The summed E-state index contributed by atoms with van der Waals surface area (Å²) in [6, 6.07) is 2.77. The van der Waals surface area contributed by atoms with Crippen LogP contribution < -0.4 is 11.2 Å². The number of hydrogen-bond acceptors (Lipinski definition) is 6. The van der Waals surface area contributed by atoms with Gasteiger partial charge in [0.25, 0.3) is 11.3 Å². The Morgan fingerprint density at radius 2 is 2.39 bits per heavy atom. The van der Waals surface area contributed by atoms with E-state index in [4.69, 9.17) is 9.84 Å². The van der Waals surface area contributed by atoms with Gasteiger partial charge in [0.2, 0.25) is 0 Å². The van der Waals surface area contributed by atoms with E-state index in [1.165, 1.54) is 0 Å². The molecular weight excluding hydrogens is 242 g/mol. The molecule has 0 spiro atoms. The molecule has 0 radical (unpaired) electrons. The molecule has 0 amide bonds. The Morgan fingerprint density at radius 1 is 1.67 bits per heavy atom. The third kappa shape index (κ3) is 1.74. The van der Waals surface area contributed by atoms with Gasteiger partial charge in [-0.05, 0) is 0 Å². The molecule has 1 aliphatic rings. The van der Waals surface area contributed by atoms with E-state index in [0.717, 1.165) is 16.8 Å². The summed E-state index contributed by atoms with van der Waals surface area (Å²) in [7, 11) is 0. The molecule has 8 nitrogen and oxygen atoms in total. The second kappa shape index (κ2) is 4.38. The van der Waals surface area contributed by atoms with Gasteiger partial charge in [-0.1, -0.05) is 0 Å². The van der Waals surface area contributed by atoms with Crippen LogP contribution in [-0.4, -0.2) is 38.6 Å². The lowest BCUT2D eigenvalue weighted by Crippen LogP contribution is -2.48. The fraction of sp³-hybridized carbons (Fsp3) is 0.500. The summed E-state index contributed by atoms with van der Waals surface area (Å²) >= 11 is 0. The molecule has 0 aliphatic carbocycles. The maximum atomic E-state index is 11.6. The number of H-pyrrole nitrogens is 1. The second-order valence-corrected chi connectivity index (χ2v) is 3.96. The first-order valence-corrected chi connectivity index (χ1v) is 5.24. The number of aromatic amines is 1. The summed E-state index contributed by atoms with van der Waals surface area (Å²) in [5.74, 6) is 0. The quantitative estimate of drug-likeness (QED) is 0.551. The minimum atomic E-state index is -1.92. The molecule has 3 N–H and O–H groups in total. The molecule has 18 heavy (non-hydrogen) atoms. The number of aromatic nitrogens is 2. The highest BCUT2D eigenvalue weighted by Crippen LogP contribution is 2.33. The van der Waals surface area contributed by atoms with Crippen LogP contribution in [0.15, 0.2) is 21.9 Å². The number of hydrogen-bond donors (Lipinski definition) is 3. The van der Waals surface area contributed by atoms with Crippen molar-refractivity contribution in [3.63, 3.8) is 0 Å². The molecule has 2 heterocycles. The average Bonchev–Trinajstić information content (AvgIpc) is 2.67. The molecule has 0 saturated carbocycles. The molecule has 1 fully saturated rings. The van der Waals surface area contributed by atoms with Crippen LogP contribution in [0.25, 0.3) is 0 Å². The molecule has 0 aromatic carbocycles. The molecule has 1 aromatic heterocycles. The number of nitrogens with one attached hydrogen (secondary N) is 1. The Kier molecular flexibility index (Phi) is 3.04. The predicted molar refractivity (Wildman–Crippen MR) is 57.5 cm³/mol. The molecule has 96 valence electrons. The molecule has 1 saturated heterocycles. The predicted octanol–water partition coefficient (Wildman–Crippen LogP) is -2.14. The topological polar surface area (TPSA) is 128 Å². The Bertz CT molecular complexity index is 601. The summed E-state index contributed by atoms with van der Waals surface area (Å²) in [4.78, 5) is 24.6. The fourth-order valence-corrected chi connectivity index (χ4v) is 1.95. The first-order chi connectivity index (χ1) is 8.53. The van der Waals surface area contributed by atoms with Crippen LogP contribution in [0.5, 0.6) is 0 Å². The highest BCUT2D eigenvalue weighted by atomic mass is 16.6. The summed E-state index contributed by atoms with van der Waals surface area (Å²) < 4.78 is 6.06. The van der Waals surface area contributed by atoms with Gasteiger partial charge in [0.1, 0.15) is 12.2 Å². The molecule has 8 heteroatoms. The lowest BCUT2D eigenvalue weighted by molar-refractivity contribution is -0.109. The van der Waals surface area contributed by atoms with Gasteiger partial charge in [0, 0.05) is 18.7 Å². The number of nitriles is 1. The van der Waals surface area contributed by atoms with Crippen molar-refractivity contribution in [2.75, 3.05) is 6.61 Å². The lowest BCUT2D eigenvalue weighted by atomic mass is 10.1. The number of nitrogens with zero attached hydrogens (tertiary/aromatic N) is 2. The van der Waals surface area contributed by atoms with E-state index in [-0.39, 0.29) is 13.0 Å². The van der Waals surface area contributed by atoms with Gasteiger partial charge in [0.05, 0.1) is 12.7 Å². The standard InChI is InChI=1S/C10H11N3O5/c11-5-10(7(15)3-6(4-14)18-10)13-2-1-8(16)12-9(13)17/h1-2,6-7,14-15H,3-4H2,(H,12,16,17). The number of rotatable bonds is 2. The zero-order valence-corrected chi connectivity index (χ0v) is 9.24. The van der Waals surface area contributed by atoms with E-state index in [1.54, 1.807) is 6.07 Å². The largest absolute Gasteiger partial charge is 0.394 e. The van der Waals surface area contributed by atoms with Crippen LogP contribution in [0, 0.1) is 11.3 Å². The van der Waals surface area contributed by atoms with Crippen molar-refractivity contribution in [1.29, 1.82) is 5.26 Å². The van der Waals surface area contributed by atoms with Gasteiger partial charge >= 0.3 is 5.69 Å². The molecule has 3 atom stereocenters. The van der Waals surface area contributed by atoms with E-state index in [1.807, 2.05) is 4.98 Å². The zero-order chi connectivity index (χ0) is 13.3. The van der Waals surface area contributed by atoms with Crippen molar-refractivity contribution in [3.05, 3.63) is 33.1 Å². The highest BCUT2D eigenvalue weighted by molar-refractivity contribution is 5.09. The zero-order valence-electron chi connectivity index (χ0n) is 9.24. The van der Waals surface area contributed by atoms with E-state index in [9.17, 15) is 20.0 Å². The normalized spacial score (nSPS) is 31.2. The van der Waals surface area contributed by atoms with Gasteiger partial charge in [-0.2, -0.15) is 5.26 Å². The highest BCUT2D eigenvalue weighted by Gasteiger charge is 2.51. The van der Waals surface area contributed by atoms with Gasteiger partial charge < -0.3 is 14.9 Å². The Morgan fingerprint density at radius 3 is 2.89 bits per heavy atom. The second-order valence-electron chi connectivity index (χ2n) is 3.96. The van der Waals surface area contributed by atoms with Gasteiger partial charge in [-0.3, -0.25) is 14.3 Å². The van der Waals surface area contributed by atoms with Crippen LogP contribution in [0.2, 0.25) is 0 Å². The van der Waals surface area contributed by atoms with Crippen LogP contribution in [0.3, 0.4) is 0 Å². The lowest BCUT2D eigenvalue weighted by Gasteiger charge is -2.26. The minimum Gasteiger partial charge on any atom is -0.394 e. The first-order valence-electron chi connectivity index (χ1n) is 5.24. The summed E-state index contributed by atoms with van der Waals surface area (Å²) in [6.07, 6.45) is -0.912. The third-order valence-electron chi connectivity index (χ3n) is 2.83. The van der Waals surface area contributed by atoms with E-state index in [0.29, 0.717) is 0 Å². The number of aliphatic hydroxyl groups is 2. The maximum absolute atomic E-state index is 11.6.